The lowest BCUT2D eigenvalue weighted by atomic mass is 9.91. The molecular weight excluding hydrogens is 296 g/mol. The molecule has 0 amide bonds. The predicted octanol–water partition coefficient (Wildman–Crippen LogP) is 1.15. The van der Waals surface area contributed by atoms with E-state index < -0.39 is 11.8 Å². The minimum absolute atomic E-state index is 0.0507. The molecule has 3 N–H and O–H groups in total. The third kappa shape index (κ3) is 2.08. The fourth-order valence-electron chi connectivity index (χ4n) is 2.73. The van der Waals surface area contributed by atoms with Crippen LogP contribution in [0.15, 0.2) is 12.3 Å². The van der Waals surface area contributed by atoms with E-state index >= 15 is 0 Å². The number of aldehydes is 1. The number of aromatic nitrogens is 3. The van der Waals surface area contributed by atoms with Crippen LogP contribution in [0.25, 0.3) is 11.0 Å². The summed E-state index contributed by atoms with van der Waals surface area (Å²) in [7, 11) is 0. The Kier molecular flexibility index (Phi) is 3.35. The van der Waals surface area contributed by atoms with Gasteiger partial charge in [0, 0.05) is 6.20 Å². The van der Waals surface area contributed by atoms with E-state index in [1.165, 1.54) is 0 Å². The molecule has 1 aliphatic rings. The number of nitrogen functional groups attached to an aromatic ring is 1. The van der Waals surface area contributed by atoms with Crippen molar-refractivity contribution in [2.24, 2.45) is 5.92 Å². The van der Waals surface area contributed by atoms with Gasteiger partial charge >= 0.3 is 0 Å². The van der Waals surface area contributed by atoms with E-state index in [4.69, 9.17) is 22.1 Å². The first-order valence-corrected chi connectivity index (χ1v) is 6.93. The SMILES string of the molecule is C[C@H]1C[C@H](n2ccc3c(N)nc(Cl)nc32)O[C@]1(C=O)CO. The first kappa shape index (κ1) is 14.2. The smallest absolute Gasteiger partial charge is 0.226 e. The van der Waals surface area contributed by atoms with Crippen molar-refractivity contribution in [3.8, 4) is 0 Å². The number of aliphatic hydroxyl groups excluding tert-OH is 1. The molecule has 0 unspecified atom stereocenters. The monoisotopic (exact) mass is 310 g/mol. The van der Waals surface area contributed by atoms with Crippen molar-refractivity contribution < 1.29 is 14.6 Å². The number of nitrogens with two attached hydrogens (primary N) is 1. The Balaban J connectivity index is 2.05. The van der Waals surface area contributed by atoms with E-state index in [0.29, 0.717) is 29.6 Å². The maximum Gasteiger partial charge on any atom is 0.226 e. The third-order valence-corrected chi connectivity index (χ3v) is 4.24. The second-order valence-corrected chi connectivity index (χ2v) is 5.62. The van der Waals surface area contributed by atoms with E-state index in [1.54, 1.807) is 16.8 Å². The van der Waals surface area contributed by atoms with Gasteiger partial charge in [-0.05, 0) is 30.0 Å². The van der Waals surface area contributed by atoms with Gasteiger partial charge in [-0.1, -0.05) is 6.92 Å². The van der Waals surface area contributed by atoms with Gasteiger partial charge in [-0.25, -0.2) is 4.98 Å². The Bertz CT molecular complexity index is 704. The highest BCUT2D eigenvalue weighted by Gasteiger charge is 2.47. The summed E-state index contributed by atoms with van der Waals surface area (Å²) in [6, 6.07) is 1.77. The van der Waals surface area contributed by atoms with Gasteiger partial charge in [0.25, 0.3) is 0 Å². The number of halogens is 1. The van der Waals surface area contributed by atoms with Crippen LogP contribution in [0.1, 0.15) is 19.6 Å². The molecule has 0 spiro atoms. The Morgan fingerprint density at radius 2 is 2.43 bits per heavy atom. The minimum Gasteiger partial charge on any atom is -0.393 e. The molecule has 2 aromatic rings. The molecule has 3 atom stereocenters. The van der Waals surface area contributed by atoms with Crippen LogP contribution in [0.3, 0.4) is 0 Å². The Hall–Kier alpha value is -1.70. The van der Waals surface area contributed by atoms with Gasteiger partial charge in [0.15, 0.2) is 11.9 Å². The summed E-state index contributed by atoms with van der Waals surface area (Å²) in [5.74, 6) is 0.177. The Labute approximate surface area is 125 Å². The van der Waals surface area contributed by atoms with Crippen LogP contribution in [0.5, 0.6) is 0 Å². The standard InChI is InChI=1S/C13H15ClN4O3/c1-7-4-9(21-13(7,5-19)6-20)18-3-2-8-10(15)16-12(14)17-11(8)18/h2-3,5,7,9,20H,4,6H2,1H3,(H2,15,16,17)/t7-,9+,13+/m0/s1. The minimum atomic E-state index is -1.18. The molecule has 3 heterocycles. The predicted molar refractivity (Wildman–Crippen MR) is 76.7 cm³/mol. The zero-order valence-electron chi connectivity index (χ0n) is 11.4. The molecule has 1 saturated heterocycles. The van der Waals surface area contributed by atoms with Crippen LogP contribution >= 0.6 is 11.6 Å². The van der Waals surface area contributed by atoms with Crippen LogP contribution < -0.4 is 5.73 Å². The lowest BCUT2D eigenvalue weighted by Crippen LogP contribution is -2.40. The molecule has 3 rings (SSSR count). The largest absolute Gasteiger partial charge is 0.393 e. The summed E-state index contributed by atoms with van der Waals surface area (Å²) < 4.78 is 7.55. The fraction of sp³-hybridized carbons (Fsp3) is 0.462. The van der Waals surface area contributed by atoms with Crippen LogP contribution in [0, 0.1) is 5.92 Å². The molecule has 0 saturated carbocycles. The number of ether oxygens (including phenoxy) is 1. The lowest BCUT2D eigenvalue weighted by Gasteiger charge is -2.24. The molecule has 2 aromatic heterocycles. The number of carbonyl (C=O) groups is 1. The second kappa shape index (κ2) is 4.94. The fourth-order valence-corrected chi connectivity index (χ4v) is 2.90. The lowest BCUT2D eigenvalue weighted by molar-refractivity contribution is -0.144. The van der Waals surface area contributed by atoms with Gasteiger partial charge in [-0.15, -0.1) is 0 Å². The van der Waals surface area contributed by atoms with E-state index in [0.717, 1.165) is 0 Å². The topological polar surface area (TPSA) is 103 Å². The van der Waals surface area contributed by atoms with Crippen LogP contribution in [-0.4, -0.2) is 38.1 Å². The number of carbonyl (C=O) groups excluding carboxylic acids is 1. The van der Waals surface area contributed by atoms with Gasteiger partial charge < -0.3 is 24.9 Å². The first-order chi connectivity index (χ1) is 10.0. The van der Waals surface area contributed by atoms with Gasteiger partial charge in [-0.2, -0.15) is 4.98 Å². The second-order valence-electron chi connectivity index (χ2n) is 5.28. The van der Waals surface area contributed by atoms with Crippen molar-refractivity contribution in [2.45, 2.75) is 25.2 Å². The van der Waals surface area contributed by atoms with E-state index in [1.807, 2.05) is 6.92 Å². The van der Waals surface area contributed by atoms with Gasteiger partial charge in [0.1, 0.15) is 17.7 Å². The first-order valence-electron chi connectivity index (χ1n) is 6.55. The molecular formula is C13H15ClN4O3. The summed E-state index contributed by atoms with van der Waals surface area (Å²) in [6.45, 7) is 1.51. The molecule has 1 aliphatic heterocycles. The molecule has 0 radical (unpaired) electrons. The summed E-state index contributed by atoms with van der Waals surface area (Å²) in [4.78, 5) is 19.4. The molecule has 0 aromatic carbocycles. The van der Waals surface area contributed by atoms with Crippen molar-refractivity contribution in [2.75, 3.05) is 12.3 Å². The number of hydrogen-bond acceptors (Lipinski definition) is 6. The molecule has 0 bridgehead atoms. The average molecular weight is 311 g/mol. The normalized spacial score (nSPS) is 29.1. The average Bonchev–Trinajstić information content (AvgIpc) is 3.00. The van der Waals surface area contributed by atoms with E-state index in [9.17, 15) is 9.90 Å². The Morgan fingerprint density at radius 1 is 1.67 bits per heavy atom. The number of anilines is 1. The number of nitrogens with zero attached hydrogens (tertiary/aromatic N) is 3. The summed E-state index contributed by atoms with van der Waals surface area (Å²) in [6.07, 6.45) is 2.59. The number of rotatable bonds is 3. The van der Waals surface area contributed by atoms with Gasteiger partial charge in [0.2, 0.25) is 5.28 Å². The number of fused-ring (bicyclic) bond motifs is 1. The number of hydrogen-bond donors (Lipinski definition) is 2. The number of aliphatic hydroxyl groups is 1. The summed E-state index contributed by atoms with van der Waals surface area (Å²) in [5, 5.41) is 10.2. The maximum absolute atomic E-state index is 11.3. The third-order valence-electron chi connectivity index (χ3n) is 4.08. The quantitative estimate of drug-likeness (QED) is 0.651. The zero-order chi connectivity index (χ0) is 15.2. The van der Waals surface area contributed by atoms with Gasteiger partial charge in [-0.3, -0.25) is 0 Å². The molecule has 21 heavy (non-hydrogen) atoms. The van der Waals surface area contributed by atoms with E-state index in [2.05, 4.69) is 9.97 Å². The van der Waals surface area contributed by atoms with Crippen LogP contribution in [-0.2, 0) is 9.53 Å². The molecule has 1 fully saturated rings. The maximum atomic E-state index is 11.3. The van der Waals surface area contributed by atoms with Crippen molar-refractivity contribution in [1.82, 2.24) is 14.5 Å². The summed E-state index contributed by atoms with van der Waals surface area (Å²) >= 11 is 5.85. The van der Waals surface area contributed by atoms with Crippen molar-refractivity contribution in [1.29, 1.82) is 0 Å². The highest BCUT2D eigenvalue weighted by atomic mass is 35.5. The zero-order valence-corrected chi connectivity index (χ0v) is 12.1. The highest BCUT2D eigenvalue weighted by molar-refractivity contribution is 6.28. The van der Waals surface area contributed by atoms with Crippen LogP contribution in [0.4, 0.5) is 5.82 Å². The van der Waals surface area contributed by atoms with Crippen LogP contribution in [0.2, 0.25) is 5.28 Å². The molecule has 8 heteroatoms. The molecule has 112 valence electrons. The van der Waals surface area contributed by atoms with Crippen molar-refractivity contribution in [3.05, 3.63) is 17.5 Å². The molecule has 0 aliphatic carbocycles. The highest BCUT2D eigenvalue weighted by Crippen LogP contribution is 2.41. The van der Waals surface area contributed by atoms with Gasteiger partial charge in [0.05, 0.1) is 12.0 Å². The van der Waals surface area contributed by atoms with E-state index in [-0.39, 0.29) is 17.8 Å². The Morgan fingerprint density at radius 3 is 3.05 bits per heavy atom. The van der Waals surface area contributed by atoms with Crippen molar-refractivity contribution >= 4 is 34.7 Å². The summed E-state index contributed by atoms with van der Waals surface area (Å²) in [5.41, 5.74) is 5.18. The molecule has 7 nitrogen and oxygen atoms in total. The van der Waals surface area contributed by atoms with Crippen molar-refractivity contribution in [3.63, 3.8) is 0 Å².